The smallest absolute Gasteiger partial charge is 0.229 e. The molecule has 1 aromatic carbocycles. The van der Waals surface area contributed by atoms with E-state index in [0.29, 0.717) is 32.6 Å². The number of carbonyl (C=O) groups is 2. The molecule has 0 aliphatic carbocycles. The van der Waals surface area contributed by atoms with Crippen molar-refractivity contribution in [2.75, 3.05) is 32.2 Å². The Hall–Kier alpha value is -2.08. The minimum Gasteiger partial charge on any atom is -0.491 e. The molecule has 114 valence electrons. The van der Waals surface area contributed by atoms with E-state index >= 15 is 0 Å². The second kappa shape index (κ2) is 7.64. The van der Waals surface area contributed by atoms with Crippen LogP contribution in [-0.2, 0) is 14.3 Å². The zero-order valence-corrected chi connectivity index (χ0v) is 12.1. The maximum atomic E-state index is 12.1. The number of methoxy groups -OCH3 is 1. The van der Waals surface area contributed by atoms with Crippen molar-refractivity contribution >= 4 is 17.5 Å². The first-order chi connectivity index (χ1) is 10.2. The molecule has 1 aromatic rings. The number of piperidine rings is 1. The van der Waals surface area contributed by atoms with E-state index in [2.05, 4.69) is 10.6 Å². The standard InChI is InChI=1S/C15H20N2O4/c1-20-8-9-21-13-5-3-12(4-6-13)17-15(19)11-2-7-14(18)16-10-11/h3-6,11H,2,7-10H2,1H3,(H,16,18)(H,17,19). The highest BCUT2D eigenvalue weighted by Gasteiger charge is 2.24. The number of rotatable bonds is 6. The van der Waals surface area contributed by atoms with Crippen LogP contribution in [0.4, 0.5) is 5.69 Å². The van der Waals surface area contributed by atoms with Gasteiger partial charge in [0.1, 0.15) is 12.4 Å². The first-order valence-electron chi connectivity index (χ1n) is 6.98. The number of amides is 2. The Kier molecular flexibility index (Phi) is 5.57. The van der Waals surface area contributed by atoms with E-state index in [0.717, 1.165) is 11.4 Å². The number of hydrogen-bond donors (Lipinski definition) is 2. The molecule has 1 unspecified atom stereocenters. The van der Waals surface area contributed by atoms with Gasteiger partial charge in [0, 0.05) is 25.8 Å². The molecule has 0 aromatic heterocycles. The molecule has 6 nitrogen and oxygen atoms in total. The highest BCUT2D eigenvalue weighted by Crippen LogP contribution is 2.18. The molecule has 1 aliphatic rings. The lowest BCUT2D eigenvalue weighted by Gasteiger charge is -2.21. The van der Waals surface area contributed by atoms with E-state index in [1.807, 2.05) is 0 Å². The van der Waals surface area contributed by atoms with Crippen LogP contribution in [0.15, 0.2) is 24.3 Å². The highest BCUT2D eigenvalue weighted by molar-refractivity contribution is 5.94. The van der Waals surface area contributed by atoms with Crippen molar-refractivity contribution < 1.29 is 19.1 Å². The van der Waals surface area contributed by atoms with Crippen molar-refractivity contribution in [1.29, 1.82) is 0 Å². The van der Waals surface area contributed by atoms with Gasteiger partial charge in [-0.3, -0.25) is 9.59 Å². The predicted molar refractivity (Wildman–Crippen MR) is 78.2 cm³/mol. The monoisotopic (exact) mass is 292 g/mol. The SMILES string of the molecule is COCCOc1ccc(NC(=O)C2CCC(=O)NC2)cc1. The number of nitrogens with one attached hydrogen (secondary N) is 2. The van der Waals surface area contributed by atoms with Gasteiger partial charge in [-0.25, -0.2) is 0 Å². The van der Waals surface area contributed by atoms with Gasteiger partial charge >= 0.3 is 0 Å². The topological polar surface area (TPSA) is 76.7 Å². The van der Waals surface area contributed by atoms with Gasteiger partial charge in [-0.2, -0.15) is 0 Å². The average molecular weight is 292 g/mol. The molecule has 6 heteroatoms. The van der Waals surface area contributed by atoms with E-state index < -0.39 is 0 Å². The van der Waals surface area contributed by atoms with Gasteiger partial charge < -0.3 is 20.1 Å². The minimum absolute atomic E-state index is 0.0108. The van der Waals surface area contributed by atoms with E-state index in [9.17, 15) is 9.59 Å². The molecule has 0 spiro atoms. The number of carbonyl (C=O) groups excluding carboxylic acids is 2. The summed E-state index contributed by atoms with van der Waals surface area (Å²) in [7, 11) is 1.62. The maximum Gasteiger partial charge on any atom is 0.229 e. The molecular formula is C15H20N2O4. The predicted octanol–water partition coefficient (Wildman–Crippen LogP) is 1.18. The van der Waals surface area contributed by atoms with Gasteiger partial charge in [0.25, 0.3) is 0 Å². The van der Waals surface area contributed by atoms with Crippen molar-refractivity contribution in [2.45, 2.75) is 12.8 Å². The van der Waals surface area contributed by atoms with E-state index in [1.54, 1.807) is 31.4 Å². The van der Waals surface area contributed by atoms with Gasteiger partial charge in [0.05, 0.1) is 12.5 Å². The third kappa shape index (κ3) is 4.75. The summed E-state index contributed by atoms with van der Waals surface area (Å²) in [5, 5.41) is 5.56. The third-order valence-electron chi connectivity index (χ3n) is 3.31. The molecule has 1 aliphatic heterocycles. The zero-order valence-electron chi connectivity index (χ0n) is 12.1. The lowest BCUT2D eigenvalue weighted by Crippen LogP contribution is -2.40. The number of hydrogen-bond acceptors (Lipinski definition) is 4. The molecule has 21 heavy (non-hydrogen) atoms. The summed E-state index contributed by atoms with van der Waals surface area (Å²) in [6.07, 6.45) is 1.00. The molecule has 2 amide bonds. The number of anilines is 1. The Balaban J connectivity index is 1.82. The van der Waals surface area contributed by atoms with Crippen LogP contribution in [0.5, 0.6) is 5.75 Å². The summed E-state index contributed by atoms with van der Waals surface area (Å²) < 4.78 is 10.4. The molecule has 1 atom stereocenters. The fourth-order valence-electron chi connectivity index (χ4n) is 2.08. The molecular weight excluding hydrogens is 272 g/mol. The number of ether oxygens (including phenoxy) is 2. The highest BCUT2D eigenvalue weighted by atomic mass is 16.5. The first-order valence-corrected chi connectivity index (χ1v) is 6.98. The Morgan fingerprint density at radius 3 is 2.71 bits per heavy atom. The molecule has 0 saturated carbocycles. The van der Waals surface area contributed by atoms with Gasteiger partial charge in [-0.15, -0.1) is 0 Å². The Morgan fingerprint density at radius 2 is 2.10 bits per heavy atom. The molecule has 2 rings (SSSR count). The van der Waals surface area contributed by atoms with Crippen molar-refractivity contribution in [3.63, 3.8) is 0 Å². The normalized spacial score (nSPS) is 18.0. The van der Waals surface area contributed by atoms with Crippen LogP contribution < -0.4 is 15.4 Å². The van der Waals surface area contributed by atoms with E-state index in [4.69, 9.17) is 9.47 Å². The minimum atomic E-state index is -0.166. The van der Waals surface area contributed by atoms with Gasteiger partial charge in [0.15, 0.2) is 0 Å². The Labute approximate surface area is 123 Å². The fraction of sp³-hybridized carbons (Fsp3) is 0.467. The van der Waals surface area contributed by atoms with Crippen LogP contribution in [0.25, 0.3) is 0 Å². The van der Waals surface area contributed by atoms with Crippen LogP contribution in [0.2, 0.25) is 0 Å². The third-order valence-corrected chi connectivity index (χ3v) is 3.31. The van der Waals surface area contributed by atoms with Crippen LogP contribution in [0.1, 0.15) is 12.8 Å². The van der Waals surface area contributed by atoms with E-state index in [1.165, 1.54) is 0 Å². The molecule has 1 heterocycles. The summed E-state index contributed by atoms with van der Waals surface area (Å²) in [6, 6.07) is 7.19. The summed E-state index contributed by atoms with van der Waals surface area (Å²) >= 11 is 0. The molecule has 0 bridgehead atoms. The van der Waals surface area contributed by atoms with E-state index in [-0.39, 0.29) is 17.7 Å². The van der Waals surface area contributed by atoms with Crippen molar-refractivity contribution in [2.24, 2.45) is 5.92 Å². The van der Waals surface area contributed by atoms with Gasteiger partial charge in [-0.05, 0) is 30.7 Å². The van der Waals surface area contributed by atoms with Crippen LogP contribution in [0.3, 0.4) is 0 Å². The second-order valence-electron chi connectivity index (χ2n) is 4.89. The average Bonchev–Trinajstić information content (AvgIpc) is 2.50. The van der Waals surface area contributed by atoms with Crippen LogP contribution >= 0.6 is 0 Å². The van der Waals surface area contributed by atoms with Crippen molar-refractivity contribution in [3.8, 4) is 5.75 Å². The molecule has 1 fully saturated rings. The largest absolute Gasteiger partial charge is 0.491 e. The van der Waals surface area contributed by atoms with Crippen molar-refractivity contribution in [1.82, 2.24) is 5.32 Å². The Bertz CT molecular complexity index is 477. The molecule has 2 N–H and O–H groups in total. The first kappa shape index (κ1) is 15.3. The summed E-state index contributed by atoms with van der Waals surface area (Å²) in [6.45, 7) is 1.43. The lowest BCUT2D eigenvalue weighted by atomic mass is 9.98. The zero-order chi connectivity index (χ0) is 15.1. The van der Waals surface area contributed by atoms with Crippen LogP contribution in [0, 0.1) is 5.92 Å². The molecule has 1 saturated heterocycles. The number of benzene rings is 1. The second-order valence-corrected chi connectivity index (χ2v) is 4.89. The van der Waals surface area contributed by atoms with Gasteiger partial charge in [-0.1, -0.05) is 0 Å². The van der Waals surface area contributed by atoms with Crippen molar-refractivity contribution in [3.05, 3.63) is 24.3 Å². The van der Waals surface area contributed by atoms with Crippen LogP contribution in [-0.4, -0.2) is 38.7 Å². The summed E-state index contributed by atoms with van der Waals surface area (Å²) in [5.41, 5.74) is 0.719. The van der Waals surface area contributed by atoms with Gasteiger partial charge in [0.2, 0.25) is 11.8 Å². The fourth-order valence-corrected chi connectivity index (χ4v) is 2.08. The quantitative estimate of drug-likeness (QED) is 0.772. The summed E-state index contributed by atoms with van der Waals surface area (Å²) in [4.78, 5) is 23.1. The maximum absolute atomic E-state index is 12.1. The lowest BCUT2D eigenvalue weighted by molar-refractivity contribution is -0.126. The summed E-state index contributed by atoms with van der Waals surface area (Å²) in [5.74, 6) is 0.509. The molecule has 0 radical (unpaired) electrons. The Morgan fingerprint density at radius 1 is 1.33 bits per heavy atom.